The summed E-state index contributed by atoms with van der Waals surface area (Å²) in [7, 11) is -3.51. The van der Waals surface area contributed by atoms with Gasteiger partial charge in [-0.15, -0.1) is 0 Å². The lowest BCUT2D eigenvalue weighted by Gasteiger charge is -2.14. The number of fused-ring (bicyclic) bond motifs is 1. The molecule has 2 heterocycles. The minimum atomic E-state index is -3.51. The number of benzene rings is 2. The predicted molar refractivity (Wildman–Crippen MR) is 130 cm³/mol. The molecule has 170 valence electrons. The molecule has 4 rings (SSSR count). The van der Waals surface area contributed by atoms with Gasteiger partial charge in [0.15, 0.2) is 15.5 Å². The van der Waals surface area contributed by atoms with Crippen molar-refractivity contribution in [3.8, 4) is 11.3 Å². The van der Waals surface area contributed by atoms with Gasteiger partial charge in [0.1, 0.15) is 0 Å². The van der Waals surface area contributed by atoms with Crippen molar-refractivity contribution < 1.29 is 13.2 Å². The highest BCUT2D eigenvalue weighted by molar-refractivity contribution is 7.91. The molecule has 4 aromatic rings. The van der Waals surface area contributed by atoms with E-state index in [1.807, 2.05) is 45.0 Å². The van der Waals surface area contributed by atoms with Crippen LogP contribution >= 0.6 is 0 Å². The van der Waals surface area contributed by atoms with Crippen molar-refractivity contribution in [1.29, 1.82) is 0 Å². The quantitative estimate of drug-likeness (QED) is 0.434. The number of aryl methyl sites for hydroxylation is 1. The fourth-order valence-corrected chi connectivity index (χ4v) is 4.82. The molecule has 33 heavy (non-hydrogen) atoms. The minimum absolute atomic E-state index is 0.0495. The Kier molecular flexibility index (Phi) is 6.03. The van der Waals surface area contributed by atoms with Gasteiger partial charge in [-0.05, 0) is 44.5 Å². The van der Waals surface area contributed by atoms with E-state index < -0.39 is 15.7 Å². The monoisotopic (exact) mass is 462 g/mol. The number of carbonyl (C=O) groups is 1. The van der Waals surface area contributed by atoms with Crippen molar-refractivity contribution in [2.75, 3.05) is 11.1 Å². The van der Waals surface area contributed by atoms with Crippen LogP contribution < -0.4 is 5.32 Å². The lowest BCUT2D eigenvalue weighted by molar-refractivity contribution is 0.102. The Morgan fingerprint density at radius 1 is 1.09 bits per heavy atom. The van der Waals surface area contributed by atoms with Gasteiger partial charge >= 0.3 is 0 Å². The van der Waals surface area contributed by atoms with Crippen LogP contribution in [0.25, 0.3) is 22.3 Å². The van der Waals surface area contributed by atoms with E-state index in [0.717, 1.165) is 11.1 Å². The molecule has 0 bridgehead atoms. The summed E-state index contributed by atoms with van der Waals surface area (Å²) in [6, 6.07) is 16.1. The maximum absolute atomic E-state index is 13.5. The van der Waals surface area contributed by atoms with E-state index in [1.165, 1.54) is 6.07 Å². The van der Waals surface area contributed by atoms with Crippen LogP contribution in [0.1, 0.15) is 42.7 Å². The maximum Gasteiger partial charge on any atom is 0.256 e. The van der Waals surface area contributed by atoms with Gasteiger partial charge in [0.05, 0.1) is 39.2 Å². The van der Waals surface area contributed by atoms with E-state index in [1.54, 1.807) is 42.1 Å². The summed E-state index contributed by atoms with van der Waals surface area (Å²) < 4.78 is 26.8. The molecular weight excluding hydrogens is 436 g/mol. The van der Waals surface area contributed by atoms with Gasteiger partial charge in [-0.1, -0.05) is 43.3 Å². The van der Waals surface area contributed by atoms with Crippen molar-refractivity contribution in [3.63, 3.8) is 0 Å². The van der Waals surface area contributed by atoms with Crippen molar-refractivity contribution in [3.05, 3.63) is 71.9 Å². The second-order valence-electron chi connectivity index (χ2n) is 8.14. The van der Waals surface area contributed by atoms with Crippen LogP contribution in [0.2, 0.25) is 0 Å². The van der Waals surface area contributed by atoms with Gasteiger partial charge in [-0.3, -0.25) is 4.79 Å². The number of nitrogens with zero attached hydrogens (tertiary/aromatic N) is 3. The Morgan fingerprint density at radius 3 is 2.48 bits per heavy atom. The van der Waals surface area contributed by atoms with Crippen LogP contribution in [-0.4, -0.2) is 34.8 Å². The molecule has 0 aliphatic rings. The second kappa shape index (κ2) is 8.78. The fourth-order valence-electron chi connectivity index (χ4n) is 3.77. The van der Waals surface area contributed by atoms with E-state index in [2.05, 4.69) is 10.4 Å². The first kappa shape index (κ1) is 22.7. The lowest BCUT2D eigenvalue weighted by atomic mass is 10.0. The fraction of sp³-hybridized carbons (Fsp3) is 0.240. The number of para-hydroxylation sites is 1. The predicted octanol–water partition coefficient (Wildman–Crippen LogP) is 5.03. The summed E-state index contributed by atoms with van der Waals surface area (Å²) in [6.45, 7) is 7.57. The third-order valence-corrected chi connectivity index (χ3v) is 7.36. The molecule has 0 saturated carbocycles. The van der Waals surface area contributed by atoms with Crippen LogP contribution in [0.15, 0.2) is 65.7 Å². The summed E-state index contributed by atoms with van der Waals surface area (Å²) >= 11 is 0. The molecule has 0 spiro atoms. The van der Waals surface area contributed by atoms with Gasteiger partial charge in [-0.25, -0.2) is 18.1 Å². The highest BCUT2D eigenvalue weighted by Gasteiger charge is 2.22. The summed E-state index contributed by atoms with van der Waals surface area (Å²) in [6.07, 6.45) is 1.63. The zero-order valence-electron chi connectivity index (χ0n) is 19.0. The van der Waals surface area contributed by atoms with Crippen LogP contribution in [0, 0.1) is 6.92 Å². The highest BCUT2D eigenvalue weighted by Crippen LogP contribution is 2.29. The number of aromatic nitrogens is 3. The first-order valence-corrected chi connectivity index (χ1v) is 12.5. The molecule has 8 heteroatoms. The molecule has 0 aliphatic carbocycles. The number of hydrogen-bond acceptors (Lipinski definition) is 5. The number of hydrogen-bond donors (Lipinski definition) is 1. The average Bonchev–Trinajstić information content (AvgIpc) is 3.23. The SMILES string of the molecule is CCS(=O)(=O)c1ccccc1NC(=O)c1cc(-c2ccccc2C)nc2c1cnn2C(C)C. The largest absolute Gasteiger partial charge is 0.321 e. The number of nitrogens with one attached hydrogen (secondary N) is 1. The molecule has 0 atom stereocenters. The van der Waals surface area contributed by atoms with E-state index >= 15 is 0 Å². The summed E-state index contributed by atoms with van der Waals surface area (Å²) in [5.74, 6) is -0.475. The van der Waals surface area contributed by atoms with E-state index in [9.17, 15) is 13.2 Å². The normalized spacial score (nSPS) is 11.8. The maximum atomic E-state index is 13.5. The molecule has 2 aromatic carbocycles. The average molecular weight is 463 g/mol. The zero-order valence-corrected chi connectivity index (χ0v) is 19.8. The second-order valence-corrected chi connectivity index (χ2v) is 10.4. The summed E-state index contributed by atoms with van der Waals surface area (Å²) in [4.78, 5) is 18.4. The Bertz CT molecular complexity index is 1460. The number of carbonyl (C=O) groups excluding carboxylic acids is 1. The Balaban J connectivity index is 1.88. The molecule has 0 radical (unpaired) electrons. The summed E-state index contributed by atoms with van der Waals surface area (Å²) in [5.41, 5.74) is 3.84. The molecule has 0 aliphatic heterocycles. The van der Waals surface area contributed by atoms with E-state index in [4.69, 9.17) is 4.98 Å². The minimum Gasteiger partial charge on any atom is -0.321 e. The highest BCUT2D eigenvalue weighted by atomic mass is 32.2. The van der Waals surface area contributed by atoms with Crippen LogP contribution in [0.5, 0.6) is 0 Å². The molecule has 7 nitrogen and oxygen atoms in total. The van der Waals surface area contributed by atoms with Gasteiger partial charge in [0, 0.05) is 11.6 Å². The number of sulfone groups is 1. The third kappa shape index (κ3) is 4.26. The first-order chi connectivity index (χ1) is 15.7. The van der Waals surface area contributed by atoms with Crippen molar-refractivity contribution >= 4 is 32.5 Å². The number of pyridine rings is 1. The Labute approximate surface area is 193 Å². The first-order valence-electron chi connectivity index (χ1n) is 10.8. The third-order valence-electron chi connectivity index (χ3n) is 5.57. The van der Waals surface area contributed by atoms with Gasteiger partial charge in [0.2, 0.25) is 0 Å². The molecule has 1 amide bonds. The van der Waals surface area contributed by atoms with Crippen molar-refractivity contribution in [2.24, 2.45) is 0 Å². The smallest absolute Gasteiger partial charge is 0.256 e. The number of anilines is 1. The lowest BCUT2D eigenvalue weighted by Crippen LogP contribution is -2.16. The molecule has 0 unspecified atom stereocenters. The number of amides is 1. The molecular formula is C25H26N4O3S. The van der Waals surface area contributed by atoms with Gasteiger partial charge in [-0.2, -0.15) is 5.10 Å². The van der Waals surface area contributed by atoms with Crippen molar-refractivity contribution in [1.82, 2.24) is 14.8 Å². The van der Waals surface area contributed by atoms with E-state index in [-0.39, 0.29) is 22.4 Å². The zero-order chi connectivity index (χ0) is 23.8. The molecule has 0 saturated heterocycles. The Morgan fingerprint density at radius 2 is 1.79 bits per heavy atom. The Hall–Kier alpha value is -3.52. The van der Waals surface area contributed by atoms with Gasteiger partial charge < -0.3 is 5.32 Å². The standard InChI is InChI=1S/C25H26N4O3S/c1-5-33(31,32)23-13-9-8-12-21(23)28-25(30)19-14-22(18-11-7-6-10-17(18)4)27-24-20(19)15-26-29(24)16(2)3/h6-16H,5H2,1-4H3,(H,28,30). The topological polar surface area (TPSA) is 93.9 Å². The van der Waals surface area contributed by atoms with Crippen LogP contribution in [-0.2, 0) is 9.84 Å². The molecule has 2 aromatic heterocycles. The van der Waals surface area contributed by atoms with Crippen LogP contribution in [0.3, 0.4) is 0 Å². The summed E-state index contributed by atoms with van der Waals surface area (Å²) in [5, 5.41) is 7.86. The van der Waals surface area contributed by atoms with E-state index in [0.29, 0.717) is 22.3 Å². The van der Waals surface area contributed by atoms with Gasteiger partial charge in [0.25, 0.3) is 5.91 Å². The number of rotatable bonds is 6. The van der Waals surface area contributed by atoms with Crippen molar-refractivity contribution in [2.45, 2.75) is 38.6 Å². The van der Waals surface area contributed by atoms with Crippen LogP contribution in [0.4, 0.5) is 5.69 Å². The molecule has 1 N–H and O–H groups in total. The molecule has 0 fully saturated rings.